The molecule has 4 N–H and O–H groups in total. The van der Waals surface area contributed by atoms with E-state index in [9.17, 15) is 9.90 Å². The van der Waals surface area contributed by atoms with Gasteiger partial charge in [-0.05, 0) is 36.4 Å². The Bertz CT molecular complexity index is 602. The summed E-state index contributed by atoms with van der Waals surface area (Å²) in [6.07, 6.45) is -0.801. The summed E-state index contributed by atoms with van der Waals surface area (Å²) in [6, 6.07) is 16.2. The zero-order chi connectivity index (χ0) is 16.5. The minimum atomic E-state index is -0.801. The molecule has 1 unspecified atom stereocenters. The number of benzene rings is 2. The molecule has 0 aromatic heterocycles. The number of ether oxygens (including phenoxy) is 1. The van der Waals surface area contributed by atoms with Crippen LogP contribution in [0.25, 0.3) is 0 Å². The zero-order valence-electron chi connectivity index (χ0n) is 12.6. The SMILES string of the molecule is O=C(COc1ccccc1)Nc1ccc(NCC(O)CO)cc1. The smallest absolute Gasteiger partial charge is 0.262 e. The molecule has 0 bridgehead atoms. The van der Waals surface area contributed by atoms with E-state index in [1.54, 1.807) is 36.4 Å². The first-order valence-electron chi connectivity index (χ1n) is 7.28. The molecule has 0 spiro atoms. The summed E-state index contributed by atoms with van der Waals surface area (Å²) in [6.45, 7) is -0.0949. The first-order valence-corrected chi connectivity index (χ1v) is 7.28. The largest absolute Gasteiger partial charge is 0.484 e. The van der Waals surface area contributed by atoms with Gasteiger partial charge in [0.1, 0.15) is 5.75 Å². The zero-order valence-corrected chi connectivity index (χ0v) is 12.6. The number of aliphatic hydroxyl groups excluding tert-OH is 2. The summed E-state index contributed by atoms with van der Waals surface area (Å²) >= 11 is 0. The van der Waals surface area contributed by atoms with Crippen LogP contribution >= 0.6 is 0 Å². The van der Waals surface area contributed by atoms with E-state index >= 15 is 0 Å². The minimum absolute atomic E-state index is 0.0628. The second-order valence-corrected chi connectivity index (χ2v) is 4.94. The van der Waals surface area contributed by atoms with Crippen LogP contribution in [0.3, 0.4) is 0 Å². The summed E-state index contributed by atoms with van der Waals surface area (Å²) in [4.78, 5) is 11.8. The molecule has 6 heteroatoms. The van der Waals surface area contributed by atoms with Gasteiger partial charge >= 0.3 is 0 Å². The Morgan fingerprint density at radius 1 is 1.04 bits per heavy atom. The summed E-state index contributed by atoms with van der Waals surface area (Å²) in [5.41, 5.74) is 1.44. The average Bonchev–Trinajstić information content (AvgIpc) is 2.60. The fourth-order valence-electron chi connectivity index (χ4n) is 1.83. The molecule has 2 aromatic rings. The van der Waals surface area contributed by atoms with Gasteiger partial charge in [-0.25, -0.2) is 0 Å². The number of hydrogen-bond acceptors (Lipinski definition) is 5. The molecular formula is C17H20N2O4. The van der Waals surface area contributed by atoms with Crippen molar-refractivity contribution in [1.29, 1.82) is 0 Å². The maximum Gasteiger partial charge on any atom is 0.262 e. The molecule has 1 amide bonds. The van der Waals surface area contributed by atoms with Crippen molar-refractivity contribution in [2.24, 2.45) is 0 Å². The fraction of sp³-hybridized carbons (Fsp3) is 0.235. The van der Waals surface area contributed by atoms with Crippen LogP contribution < -0.4 is 15.4 Å². The lowest BCUT2D eigenvalue weighted by atomic mass is 10.2. The Morgan fingerprint density at radius 3 is 2.35 bits per heavy atom. The fourth-order valence-corrected chi connectivity index (χ4v) is 1.83. The molecule has 1 atom stereocenters. The Balaban J connectivity index is 1.77. The van der Waals surface area contributed by atoms with Crippen LogP contribution in [0, 0.1) is 0 Å². The van der Waals surface area contributed by atoms with E-state index < -0.39 is 6.10 Å². The highest BCUT2D eigenvalue weighted by atomic mass is 16.5. The summed E-state index contributed by atoms with van der Waals surface area (Å²) in [5, 5.41) is 23.7. The number of rotatable bonds is 8. The molecule has 2 aromatic carbocycles. The van der Waals surface area contributed by atoms with Gasteiger partial charge in [-0.3, -0.25) is 4.79 Å². The number of aliphatic hydroxyl groups is 2. The third kappa shape index (κ3) is 5.98. The molecule has 0 heterocycles. The maximum absolute atomic E-state index is 11.8. The summed E-state index contributed by atoms with van der Waals surface area (Å²) < 4.78 is 5.37. The highest BCUT2D eigenvalue weighted by Crippen LogP contribution is 2.14. The van der Waals surface area contributed by atoms with Gasteiger partial charge in [-0.2, -0.15) is 0 Å². The van der Waals surface area contributed by atoms with Crippen LogP contribution in [0.1, 0.15) is 0 Å². The Labute approximate surface area is 134 Å². The Hall–Kier alpha value is -2.57. The summed E-state index contributed by atoms with van der Waals surface area (Å²) in [5.74, 6) is 0.398. The van der Waals surface area contributed by atoms with Gasteiger partial charge in [0.05, 0.1) is 12.7 Å². The highest BCUT2D eigenvalue weighted by Gasteiger charge is 2.04. The van der Waals surface area contributed by atoms with Gasteiger partial charge in [-0.1, -0.05) is 18.2 Å². The maximum atomic E-state index is 11.8. The normalized spacial score (nSPS) is 11.6. The molecule has 0 saturated heterocycles. The van der Waals surface area contributed by atoms with Gasteiger partial charge in [-0.15, -0.1) is 0 Å². The standard InChI is InChI=1S/C17H20N2O4/c20-11-15(21)10-18-13-6-8-14(9-7-13)19-17(22)12-23-16-4-2-1-3-5-16/h1-9,15,18,20-21H,10-12H2,(H,19,22). The van der Waals surface area contributed by atoms with Crippen LogP contribution in [0.15, 0.2) is 54.6 Å². The van der Waals surface area contributed by atoms with Crippen molar-refractivity contribution in [2.75, 3.05) is 30.4 Å². The first-order chi connectivity index (χ1) is 11.2. The second-order valence-electron chi connectivity index (χ2n) is 4.94. The Kier molecular flexibility index (Phi) is 6.40. The van der Waals surface area contributed by atoms with Crippen LogP contribution in [0.2, 0.25) is 0 Å². The van der Waals surface area contributed by atoms with E-state index in [1.165, 1.54) is 0 Å². The van der Waals surface area contributed by atoms with E-state index in [-0.39, 0.29) is 25.7 Å². The predicted octanol–water partition coefficient (Wildman–Crippen LogP) is 1.47. The molecule has 122 valence electrons. The molecular weight excluding hydrogens is 296 g/mol. The molecule has 2 rings (SSSR count). The van der Waals surface area contributed by atoms with Crippen molar-refractivity contribution in [3.8, 4) is 5.75 Å². The number of carbonyl (C=O) groups is 1. The lowest BCUT2D eigenvalue weighted by Gasteiger charge is -2.11. The first kappa shape index (κ1) is 16.8. The van der Waals surface area contributed by atoms with Crippen LogP contribution in [-0.4, -0.2) is 42.0 Å². The van der Waals surface area contributed by atoms with Crippen LogP contribution in [-0.2, 0) is 4.79 Å². The number of amides is 1. The number of para-hydroxylation sites is 1. The topological polar surface area (TPSA) is 90.8 Å². The number of carbonyl (C=O) groups excluding carboxylic acids is 1. The molecule has 0 aliphatic carbocycles. The minimum Gasteiger partial charge on any atom is -0.484 e. The average molecular weight is 316 g/mol. The molecule has 23 heavy (non-hydrogen) atoms. The quantitative estimate of drug-likeness (QED) is 0.592. The third-order valence-corrected chi connectivity index (χ3v) is 3.03. The van der Waals surface area contributed by atoms with E-state index in [0.717, 1.165) is 5.69 Å². The van der Waals surface area contributed by atoms with Crippen LogP contribution in [0.4, 0.5) is 11.4 Å². The van der Waals surface area contributed by atoms with Gasteiger partial charge < -0.3 is 25.6 Å². The van der Waals surface area contributed by atoms with Crippen molar-refractivity contribution >= 4 is 17.3 Å². The van der Waals surface area contributed by atoms with Crippen molar-refractivity contribution in [1.82, 2.24) is 0 Å². The van der Waals surface area contributed by atoms with E-state index in [2.05, 4.69) is 10.6 Å². The molecule has 0 fully saturated rings. The number of hydrogen-bond donors (Lipinski definition) is 4. The van der Waals surface area contributed by atoms with Crippen molar-refractivity contribution in [3.63, 3.8) is 0 Å². The monoisotopic (exact) mass is 316 g/mol. The summed E-state index contributed by atoms with van der Waals surface area (Å²) in [7, 11) is 0. The third-order valence-electron chi connectivity index (χ3n) is 3.03. The van der Waals surface area contributed by atoms with E-state index in [1.807, 2.05) is 18.2 Å². The number of nitrogens with one attached hydrogen (secondary N) is 2. The van der Waals surface area contributed by atoms with Gasteiger partial charge in [0.15, 0.2) is 6.61 Å². The van der Waals surface area contributed by atoms with E-state index in [4.69, 9.17) is 9.84 Å². The molecule has 0 aliphatic rings. The number of anilines is 2. The lowest BCUT2D eigenvalue weighted by Crippen LogP contribution is -2.23. The molecule has 6 nitrogen and oxygen atoms in total. The predicted molar refractivity (Wildman–Crippen MR) is 88.6 cm³/mol. The molecule has 0 aliphatic heterocycles. The van der Waals surface area contributed by atoms with Crippen molar-refractivity contribution in [3.05, 3.63) is 54.6 Å². The molecule has 0 saturated carbocycles. The van der Waals surface area contributed by atoms with Crippen molar-refractivity contribution < 1.29 is 19.7 Å². The van der Waals surface area contributed by atoms with Gasteiger partial charge in [0, 0.05) is 17.9 Å². The Morgan fingerprint density at radius 2 is 1.70 bits per heavy atom. The van der Waals surface area contributed by atoms with E-state index in [0.29, 0.717) is 11.4 Å². The molecule has 0 radical (unpaired) electrons. The second kappa shape index (κ2) is 8.77. The lowest BCUT2D eigenvalue weighted by molar-refractivity contribution is -0.118. The highest BCUT2D eigenvalue weighted by molar-refractivity contribution is 5.92. The van der Waals surface area contributed by atoms with Crippen molar-refractivity contribution in [2.45, 2.75) is 6.10 Å². The van der Waals surface area contributed by atoms with Gasteiger partial charge in [0.25, 0.3) is 5.91 Å². The van der Waals surface area contributed by atoms with Crippen LogP contribution in [0.5, 0.6) is 5.75 Å². The van der Waals surface area contributed by atoms with Gasteiger partial charge in [0.2, 0.25) is 0 Å².